The van der Waals surface area contributed by atoms with E-state index in [9.17, 15) is 4.39 Å². The zero-order chi connectivity index (χ0) is 22.3. The second-order valence-corrected chi connectivity index (χ2v) is 7.46. The lowest BCUT2D eigenvalue weighted by molar-refractivity contribution is 0.275. The molecule has 0 aliphatic carbocycles. The van der Waals surface area contributed by atoms with Crippen LogP contribution in [0, 0.1) is 5.82 Å². The van der Waals surface area contributed by atoms with Crippen molar-refractivity contribution in [2.24, 2.45) is 0 Å². The van der Waals surface area contributed by atoms with Crippen molar-refractivity contribution < 1.29 is 18.4 Å². The quantitative estimate of drug-likeness (QED) is 0.256. The van der Waals surface area contributed by atoms with E-state index >= 15 is 0 Å². The molecule has 10 heteroatoms. The molecule has 0 spiro atoms. The number of hydrogen-bond acceptors (Lipinski definition) is 8. The number of aromatic nitrogens is 5. The Labute approximate surface area is 188 Å². The average molecular weight is 453 g/mol. The molecule has 0 radical (unpaired) electrons. The van der Waals surface area contributed by atoms with Gasteiger partial charge in [0.05, 0.1) is 18.4 Å². The Morgan fingerprint density at radius 3 is 2.69 bits per heavy atom. The molecule has 2 aromatic heterocycles. The predicted molar refractivity (Wildman–Crippen MR) is 117 cm³/mol. The Hall–Kier alpha value is -3.66. The molecule has 2 aromatic carbocycles. The van der Waals surface area contributed by atoms with E-state index < -0.39 is 5.82 Å². The minimum Gasteiger partial charge on any atom is -0.496 e. The molecule has 0 aliphatic rings. The van der Waals surface area contributed by atoms with Crippen molar-refractivity contribution in [1.29, 1.82) is 0 Å². The third kappa shape index (κ3) is 4.80. The highest BCUT2D eigenvalue weighted by molar-refractivity contribution is 7.98. The minimum absolute atomic E-state index is 0.0703. The van der Waals surface area contributed by atoms with Gasteiger partial charge in [0, 0.05) is 6.54 Å². The fourth-order valence-electron chi connectivity index (χ4n) is 2.93. The van der Waals surface area contributed by atoms with E-state index in [4.69, 9.17) is 14.0 Å². The average Bonchev–Trinajstić information content (AvgIpc) is 3.44. The number of allylic oxidation sites excluding steroid dienone is 1. The van der Waals surface area contributed by atoms with Gasteiger partial charge in [-0.15, -0.1) is 16.8 Å². The van der Waals surface area contributed by atoms with E-state index in [0.717, 1.165) is 5.56 Å². The largest absolute Gasteiger partial charge is 0.496 e. The number of methoxy groups -OCH3 is 1. The molecular weight excluding hydrogens is 433 g/mol. The van der Waals surface area contributed by atoms with Crippen LogP contribution in [-0.2, 0) is 18.9 Å². The molecule has 0 fully saturated rings. The summed E-state index contributed by atoms with van der Waals surface area (Å²) >= 11 is 1.39. The van der Waals surface area contributed by atoms with Crippen molar-refractivity contribution in [3.05, 3.63) is 78.7 Å². The molecule has 2 heterocycles. The lowest BCUT2D eigenvalue weighted by Gasteiger charge is -2.09. The molecule has 32 heavy (non-hydrogen) atoms. The topological polar surface area (TPSA) is 88.1 Å². The number of ether oxygens (including phenoxy) is 2. The molecule has 0 amide bonds. The van der Waals surface area contributed by atoms with Gasteiger partial charge in [-0.1, -0.05) is 47.3 Å². The van der Waals surface area contributed by atoms with Crippen molar-refractivity contribution in [2.75, 3.05) is 7.11 Å². The first-order chi connectivity index (χ1) is 15.7. The second kappa shape index (κ2) is 10.1. The molecule has 0 aliphatic heterocycles. The molecule has 0 saturated heterocycles. The summed E-state index contributed by atoms with van der Waals surface area (Å²) in [5, 5.41) is 13.1. The Morgan fingerprint density at radius 2 is 1.91 bits per heavy atom. The molecule has 0 N–H and O–H groups in total. The third-order valence-electron chi connectivity index (χ3n) is 4.44. The van der Waals surface area contributed by atoms with Gasteiger partial charge in [-0.2, -0.15) is 4.98 Å². The molecular formula is C22H20FN5O3S. The van der Waals surface area contributed by atoms with E-state index in [-0.39, 0.29) is 12.4 Å². The number of rotatable bonds is 10. The highest BCUT2D eigenvalue weighted by Crippen LogP contribution is 2.29. The van der Waals surface area contributed by atoms with Crippen molar-refractivity contribution in [2.45, 2.75) is 24.1 Å². The van der Waals surface area contributed by atoms with Crippen LogP contribution in [0.2, 0.25) is 0 Å². The van der Waals surface area contributed by atoms with E-state index in [1.54, 1.807) is 31.4 Å². The van der Waals surface area contributed by atoms with Crippen LogP contribution in [0.4, 0.5) is 4.39 Å². The predicted octanol–water partition coefficient (Wildman–Crippen LogP) is 4.53. The maximum Gasteiger partial charge on any atom is 0.237 e. The van der Waals surface area contributed by atoms with Gasteiger partial charge in [-0.05, 0) is 24.3 Å². The van der Waals surface area contributed by atoms with Crippen LogP contribution in [0.15, 0.2) is 70.9 Å². The van der Waals surface area contributed by atoms with Crippen LogP contribution in [0.5, 0.6) is 11.5 Å². The van der Waals surface area contributed by atoms with Crippen LogP contribution < -0.4 is 9.47 Å². The number of thioether (sulfide) groups is 1. The summed E-state index contributed by atoms with van der Waals surface area (Å²) in [5.41, 5.74) is 0.748. The van der Waals surface area contributed by atoms with E-state index in [1.165, 1.54) is 17.8 Å². The summed E-state index contributed by atoms with van der Waals surface area (Å²) < 4.78 is 32.0. The van der Waals surface area contributed by atoms with E-state index in [1.807, 2.05) is 28.8 Å². The normalized spacial score (nSPS) is 10.8. The van der Waals surface area contributed by atoms with Crippen molar-refractivity contribution in [3.8, 4) is 22.9 Å². The van der Waals surface area contributed by atoms with Crippen LogP contribution in [0.1, 0.15) is 11.7 Å². The molecule has 4 aromatic rings. The summed E-state index contributed by atoms with van der Waals surface area (Å²) in [7, 11) is 1.59. The standard InChI is InChI=1S/C22H20FN5O3S/c1-3-12-28-19(13-30-18-11-7-5-9-16(18)23)25-26-22(28)32-14-20-24-21(27-31-20)15-8-4-6-10-17(15)29-2/h3-11H,1,12-14H2,2H3. The second-order valence-electron chi connectivity index (χ2n) is 6.52. The van der Waals surface area contributed by atoms with Crippen molar-refractivity contribution in [1.82, 2.24) is 24.9 Å². The maximum absolute atomic E-state index is 13.8. The van der Waals surface area contributed by atoms with Gasteiger partial charge in [0.1, 0.15) is 12.4 Å². The molecule has 0 unspecified atom stereocenters. The first-order valence-electron chi connectivity index (χ1n) is 9.68. The first-order valence-corrected chi connectivity index (χ1v) is 10.7. The van der Waals surface area contributed by atoms with Crippen LogP contribution >= 0.6 is 11.8 Å². The number of hydrogen-bond donors (Lipinski definition) is 0. The number of nitrogens with zero attached hydrogens (tertiary/aromatic N) is 5. The maximum atomic E-state index is 13.8. The fraction of sp³-hybridized carbons (Fsp3) is 0.182. The Morgan fingerprint density at radius 1 is 1.12 bits per heavy atom. The monoisotopic (exact) mass is 453 g/mol. The van der Waals surface area contributed by atoms with Gasteiger partial charge in [0.25, 0.3) is 0 Å². The Kier molecular flexibility index (Phi) is 6.81. The highest BCUT2D eigenvalue weighted by atomic mass is 32.2. The smallest absolute Gasteiger partial charge is 0.237 e. The van der Waals surface area contributed by atoms with Gasteiger partial charge >= 0.3 is 0 Å². The Bertz CT molecular complexity index is 1210. The van der Waals surface area contributed by atoms with Crippen molar-refractivity contribution >= 4 is 11.8 Å². The molecule has 0 saturated carbocycles. The summed E-state index contributed by atoms with van der Waals surface area (Å²) in [6.45, 7) is 4.33. The van der Waals surface area contributed by atoms with E-state index in [0.29, 0.717) is 40.7 Å². The number of halogens is 1. The Balaban J connectivity index is 1.45. The minimum atomic E-state index is -0.431. The highest BCUT2D eigenvalue weighted by Gasteiger charge is 2.17. The molecule has 164 valence electrons. The van der Waals surface area contributed by atoms with Gasteiger partial charge < -0.3 is 14.0 Å². The SMILES string of the molecule is C=CCn1c(COc2ccccc2F)nnc1SCc1nc(-c2ccccc2OC)no1. The lowest BCUT2D eigenvalue weighted by Crippen LogP contribution is -2.08. The van der Waals surface area contributed by atoms with E-state index in [2.05, 4.69) is 26.9 Å². The number of para-hydroxylation sites is 2. The van der Waals surface area contributed by atoms with Crippen LogP contribution in [0.25, 0.3) is 11.4 Å². The first kappa shape index (κ1) is 21.6. The molecule has 8 nitrogen and oxygen atoms in total. The number of benzene rings is 2. The van der Waals surface area contributed by atoms with Gasteiger partial charge in [-0.3, -0.25) is 4.57 Å². The summed E-state index contributed by atoms with van der Waals surface area (Å²) in [6.07, 6.45) is 1.73. The van der Waals surface area contributed by atoms with Gasteiger partial charge in [-0.25, -0.2) is 4.39 Å². The van der Waals surface area contributed by atoms with Crippen LogP contribution in [-0.4, -0.2) is 32.0 Å². The zero-order valence-corrected chi connectivity index (χ0v) is 18.1. The van der Waals surface area contributed by atoms with Crippen molar-refractivity contribution in [3.63, 3.8) is 0 Å². The lowest BCUT2D eigenvalue weighted by atomic mass is 10.2. The van der Waals surface area contributed by atoms with Gasteiger partial charge in [0.2, 0.25) is 11.7 Å². The fourth-order valence-corrected chi connectivity index (χ4v) is 3.73. The van der Waals surface area contributed by atoms with Gasteiger partial charge in [0.15, 0.2) is 22.5 Å². The molecule has 0 atom stereocenters. The van der Waals surface area contributed by atoms with Crippen LogP contribution in [0.3, 0.4) is 0 Å². The molecule has 4 rings (SSSR count). The third-order valence-corrected chi connectivity index (χ3v) is 5.39. The zero-order valence-electron chi connectivity index (χ0n) is 17.3. The summed E-state index contributed by atoms with van der Waals surface area (Å²) in [6, 6.07) is 13.7. The summed E-state index contributed by atoms with van der Waals surface area (Å²) in [4.78, 5) is 4.45. The summed E-state index contributed by atoms with van der Waals surface area (Å²) in [5.74, 6) is 2.22. The molecule has 0 bridgehead atoms.